The van der Waals surface area contributed by atoms with E-state index in [0.717, 1.165) is 19.3 Å². The minimum Gasteiger partial charge on any atom is -0.326 e. The van der Waals surface area contributed by atoms with Crippen LogP contribution in [0.2, 0.25) is 0 Å². The van der Waals surface area contributed by atoms with Gasteiger partial charge in [0.1, 0.15) is 10.7 Å². The van der Waals surface area contributed by atoms with E-state index < -0.39 is 15.8 Å². The number of halogens is 1. The minimum atomic E-state index is -3.79. The highest BCUT2D eigenvalue weighted by Gasteiger charge is 2.26. The van der Waals surface area contributed by atoms with E-state index in [4.69, 9.17) is 5.73 Å². The predicted molar refractivity (Wildman–Crippen MR) is 76.0 cm³/mol. The average molecular weight is 300 g/mol. The summed E-state index contributed by atoms with van der Waals surface area (Å²) in [5.41, 5.74) is 5.98. The van der Waals surface area contributed by atoms with Crippen LogP contribution in [0, 0.1) is 17.7 Å². The summed E-state index contributed by atoms with van der Waals surface area (Å²) in [6.07, 6.45) is 3.29. The summed E-state index contributed by atoms with van der Waals surface area (Å²) in [6.45, 7) is 2.69. The molecule has 0 heterocycles. The monoisotopic (exact) mass is 300 g/mol. The van der Waals surface area contributed by atoms with Gasteiger partial charge in [0.05, 0.1) is 0 Å². The fourth-order valence-corrected chi connectivity index (χ4v) is 3.86. The molecule has 1 aromatic carbocycles. The first-order valence-corrected chi connectivity index (χ1v) is 8.40. The molecular formula is C14H21FN2O2S. The maximum absolute atomic E-state index is 13.8. The molecule has 1 aromatic rings. The molecule has 1 aliphatic carbocycles. The van der Waals surface area contributed by atoms with Crippen LogP contribution in [-0.4, -0.2) is 15.0 Å². The van der Waals surface area contributed by atoms with E-state index in [-0.39, 0.29) is 11.4 Å². The van der Waals surface area contributed by atoms with Crippen LogP contribution in [0.5, 0.6) is 0 Å². The van der Waals surface area contributed by atoms with Crippen LogP contribution in [0.15, 0.2) is 23.1 Å². The molecule has 4 nitrogen and oxygen atoms in total. The number of sulfonamides is 1. The van der Waals surface area contributed by atoms with Gasteiger partial charge in [0.2, 0.25) is 10.0 Å². The Labute approximate surface area is 119 Å². The molecule has 0 bridgehead atoms. The summed E-state index contributed by atoms with van der Waals surface area (Å²) in [4.78, 5) is -0.305. The van der Waals surface area contributed by atoms with Crippen molar-refractivity contribution in [2.45, 2.75) is 37.6 Å². The number of hydrogen-bond acceptors (Lipinski definition) is 3. The van der Waals surface area contributed by atoms with E-state index in [1.54, 1.807) is 0 Å². The van der Waals surface area contributed by atoms with Gasteiger partial charge in [0, 0.05) is 13.1 Å². The normalized spacial score (nSPS) is 23.1. The van der Waals surface area contributed by atoms with Gasteiger partial charge in [0.25, 0.3) is 0 Å². The smallest absolute Gasteiger partial charge is 0.243 e. The van der Waals surface area contributed by atoms with E-state index >= 15 is 0 Å². The van der Waals surface area contributed by atoms with E-state index in [0.29, 0.717) is 23.9 Å². The van der Waals surface area contributed by atoms with Gasteiger partial charge >= 0.3 is 0 Å². The zero-order valence-corrected chi connectivity index (χ0v) is 12.4. The molecule has 6 heteroatoms. The molecule has 2 rings (SSSR count). The third kappa shape index (κ3) is 3.37. The summed E-state index contributed by atoms with van der Waals surface area (Å²) in [5, 5.41) is 0. The van der Waals surface area contributed by atoms with Crippen molar-refractivity contribution in [1.29, 1.82) is 0 Å². The number of hydrogen-bond donors (Lipinski definition) is 2. The van der Waals surface area contributed by atoms with Gasteiger partial charge in [-0.2, -0.15) is 0 Å². The molecule has 0 radical (unpaired) electrons. The Morgan fingerprint density at radius 3 is 2.70 bits per heavy atom. The third-order valence-corrected chi connectivity index (χ3v) is 5.55. The Hall–Kier alpha value is -0.980. The summed E-state index contributed by atoms with van der Waals surface area (Å²) < 4.78 is 40.6. The number of nitrogens with one attached hydrogen (secondary N) is 1. The van der Waals surface area contributed by atoms with Gasteiger partial charge in [-0.15, -0.1) is 0 Å². The standard InChI is InChI=1S/C14H21FN2O2S/c1-10-3-2-4-12(10)9-17-20(18,19)14-6-5-11(8-16)7-13(14)15/h5-7,10,12,17H,2-4,8-9,16H2,1H3. The molecule has 20 heavy (non-hydrogen) atoms. The van der Waals surface area contributed by atoms with Gasteiger partial charge in [-0.25, -0.2) is 17.5 Å². The van der Waals surface area contributed by atoms with Crippen molar-refractivity contribution in [3.8, 4) is 0 Å². The highest BCUT2D eigenvalue weighted by Crippen LogP contribution is 2.30. The lowest BCUT2D eigenvalue weighted by atomic mass is 9.99. The van der Waals surface area contributed by atoms with Crippen LogP contribution in [0.4, 0.5) is 4.39 Å². The molecule has 0 amide bonds. The molecule has 1 fully saturated rings. The SMILES string of the molecule is CC1CCCC1CNS(=O)(=O)c1ccc(CN)cc1F. The molecule has 1 saturated carbocycles. The van der Waals surface area contributed by atoms with Gasteiger partial charge in [-0.1, -0.05) is 25.8 Å². The van der Waals surface area contributed by atoms with Gasteiger partial charge in [-0.05, 0) is 36.0 Å². The Morgan fingerprint density at radius 2 is 2.15 bits per heavy atom. The van der Waals surface area contributed by atoms with Gasteiger partial charge in [0.15, 0.2) is 0 Å². The fraction of sp³-hybridized carbons (Fsp3) is 0.571. The summed E-state index contributed by atoms with van der Waals surface area (Å²) in [7, 11) is -3.79. The predicted octanol–water partition coefficient (Wildman–Crippen LogP) is 2.00. The Bertz CT molecular complexity index is 575. The summed E-state index contributed by atoms with van der Waals surface area (Å²) in [5.74, 6) is 0.109. The average Bonchev–Trinajstić information content (AvgIpc) is 2.81. The lowest BCUT2D eigenvalue weighted by Crippen LogP contribution is -2.31. The Balaban J connectivity index is 2.10. The zero-order valence-electron chi connectivity index (χ0n) is 11.6. The van der Waals surface area contributed by atoms with Crippen molar-refractivity contribution in [3.05, 3.63) is 29.6 Å². The molecule has 2 unspecified atom stereocenters. The molecule has 0 aliphatic heterocycles. The quantitative estimate of drug-likeness (QED) is 0.873. The number of nitrogens with two attached hydrogens (primary N) is 1. The molecule has 0 spiro atoms. The minimum absolute atomic E-state index is 0.185. The fourth-order valence-electron chi connectivity index (χ4n) is 2.71. The van der Waals surface area contributed by atoms with E-state index in [9.17, 15) is 12.8 Å². The van der Waals surface area contributed by atoms with Crippen LogP contribution < -0.4 is 10.5 Å². The molecule has 0 aromatic heterocycles. The van der Waals surface area contributed by atoms with Crippen molar-refractivity contribution in [1.82, 2.24) is 4.72 Å². The second-order valence-corrected chi connectivity index (χ2v) is 7.22. The van der Waals surface area contributed by atoms with Crippen LogP contribution in [0.1, 0.15) is 31.7 Å². The van der Waals surface area contributed by atoms with Crippen LogP contribution in [0.3, 0.4) is 0 Å². The molecule has 0 saturated heterocycles. The lowest BCUT2D eigenvalue weighted by molar-refractivity contribution is 0.414. The Kier molecular flexibility index (Phi) is 4.78. The largest absolute Gasteiger partial charge is 0.326 e. The highest BCUT2D eigenvalue weighted by atomic mass is 32.2. The summed E-state index contributed by atoms with van der Waals surface area (Å²) >= 11 is 0. The van der Waals surface area contributed by atoms with Crippen LogP contribution >= 0.6 is 0 Å². The van der Waals surface area contributed by atoms with E-state index in [2.05, 4.69) is 11.6 Å². The topological polar surface area (TPSA) is 72.2 Å². The first-order chi connectivity index (χ1) is 9.44. The van der Waals surface area contributed by atoms with Crippen molar-refractivity contribution >= 4 is 10.0 Å². The molecule has 112 valence electrons. The third-order valence-electron chi connectivity index (χ3n) is 4.10. The molecule has 3 N–H and O–H groups in total. The lowest BCUT2D eigenvalue weighted by Gasteiger charge is -2.16. The Morgan fingerprint density at radius 1 is 1.40 bits per heavy atom. The first kappa shape index (κ1) is 15.4. The van der Waals surface area contributed by atoms with Gasteiger partial charge < -0.3 is 5.73 Å². The molecule has 2 atom stereocenters. The highest BCUT2D eigenvalue weighted by molar-refractivity contribution is 7.89. The van der Waals surface area contributed by atoms with Crippen LogP contribution in [-0.2, 0) is 16.6 Å². The molecular weight excluding hydrogens is 279 g/mol. The second-order valence-electron chi connectivity index (χ2n) is 5.49. The second kappa shape index (κ2) is 6.20. The maximum Gasteiger partial charge on any atom is 0.243 e. The summed E-state index contributed by atoms with van der Waals surface area (Å²) in [6, 6.07) is 3.99. The van der Waals surface area contributed by atoms with E-state index in [1.165, 1.54) is 18.2 Å². The zero-order chi connectivity index (χ0) is 14.8. The number of rotatable bonds is 5. The van der Waals surface area contributed by atoms with Crippen molar-refractivity contribution < 1.29 is 12.8 Å². The van der Waals surface area contributed by atoms with Gasteiger partial charge in [-0.3, -0.25) is 0 Å². The number of benzene rings is 1. The van der Waals surface area contributed by atoms with Crippen molar-refractivity contribution in [2.24, 2.45) is 17.6 Å². The first-order valence-electron chi connectivity index (χ1n) is 6.92. The van der Waals surface area contributed by atoms with Crippen molar-refractivity contribution in [3.63, 3.8) is 0 Å². The van der Waals surface area contributed by atoms with Crippen LogP contribution in [0.25, 0.3) is 0 Å². The van der Waals surface area contributed by atoms with Crippen molar-refractivity contribution in [2.75, 3.05) is 6.54 Å². The molecule has 1 aliphatic rings. The maximum atomic E-state index is 13.8. The van der Waals surface area contributed by atoms with E-state index in [1.807, 2.05) is 0 Å².